The van der Waals surface area contributed by atoms with Crippen LogP contribution in [-0.2, 0) is 25.7 Å². The van der Waals surface area contributed by atoms with Gasteiger partial charge in [0.05, 0.1) is 14.2 Å². The van der Waals surface area contributed by atoms with Crippen LogP contribution in [0.5, 0.6) is 11.5 Å². The molecule has 2 nitrogen and oxygen atoms in total. The first kappa shape index (κ1) is 29.5. The summed E-state index contributed by atoms with van der Waals surface area (Å²) in [5.41, 5.74) is 5.70. The van der Waals surface area contributed by atoms with Crippen molar-refractivity contribution in [3.8, 4) is 11.5 Å². The highest BCUT2D eigenvalue weighted by molar-refractivity contribution is 7.99. The largest absolute Gasteiger partial charge is 0.497 e. The molecule has 0 aliphatic rings. The normalized spacial score (nSPS) is 10.9. The molecule has 0 heterocycles. The zero-order valence-corrected chi connectivity index (χ0v) is 25.4. The Morgan fingerprint density at radius 1 is 0.410 bits per heavy atom. The van der Waals surface area contributed by atoms with Crippen molar-refractivity contribution in [3.63, 3.8) is 0 Å². The molecule has 0 saturated heterocycles. The van der Waals surface area contributed by atoms with Gasteiger partial charge in [-0.05, 0) is 108 Å². The summed E-state index contributed by atoms with van der Waals surface area (Å²) >= 11 is 5.85. The summed E-state index contributed by atoms with van der Waals surface area (Å²) in [6, 6.07) is 35.0. The third-order valence-corrected chi connectivity index (χ3v) is 9.57. The van der Waals surface area contributed by atoms with Crippen LogP contribution < -0.4 is 9.47 Å². The Morgan fingerprint density at radius 2 is 0.718 bits per heavy atom. The van der Waals surface area contributed by atoms with E-state index in [1.807, 2.05) is 47.8 Å². The summed E-state index contributed by atoms with van der Waals surface area (Å²) in [5.74, 6) is 6.35. The third-order valence-electron chi connectivity index (χ3n) is 6.55. The minimum atomic E-state index is 0.911. The van der Waals surface area contributed by atoms with Gasteiger partial charge in [0.2, 0.25) is 0 Å². The van der Waals surface area contributed by atoms with Crippen LogP contribution in [0.1, 0.15) is 22.3 Å². The first-order valence-electron chi connectivity index (χ1n) is 13.5. The zero-order valence-electron chi connectivity index (χ0n) is 22.9. The van der Waals surface area contributed by atoms with Crippen LogP contribution in [-0.4, -0.2) is 37.2 Å². The van der Waals surface area contributed by atoms with Gasteiger partial charge in [-0.3, -0.25) is 0 Å². The highest BCUT2D eigenvalue weighted by atomic mass is 32.2. The zero-order chi connectivity index (χ0) is 27.1. The van der Waals surface area contributed by atoms with Gasteiger partial charge in [-0.15, -0.1) is 23.5 Å². The molecule has 0 spiro atoms. The van der Waals surface area contributed by atoms with Crippen molar-refractivity contribution >= 4 is 35.3 Å². The first-order chi connectivity index (χ1) is 19.2. The van der Waals surface area contributed by atoms with Crippen LogP contribution in [0.15, 0.2) is 107 Å². The van der Waals surface area contributed by atoms with Gasteiger partial charge in [0.15, 0.2) is 0 Å². The molecule has 0 aromatic heterocycles. The Labute approximate surface area is 247 Å². The minimum absolute atomic E-state index is 0.911. The Kier molecular flexibility index (Phi) is 12.6. The Hall–Kier alpha value is -2.47. The van der Waals surface area contributed by atoms with E-state index >= 15 is 0 Å². The summed E-state index contributed by atoms with van der Waals surface area (Å²) < 4.78 is 10.5. The number of hydrogen-bond donors (Lipinski definition) is 0. The second-order valence-corrected chi connectivity index (χ2v) is 12.9. The SMILES string of the molecule is COc1ccc(SCCc2ccc(CCSCCc3ccc(CCSc4ccc(OC)cc4)cc3)cc2)cc1. The average Bonchev–Trinajstić information content (AvgIpc) is 2.99. The van der Waals surface area contributed by atoms with E-state index in [4.69, 9.17) is 9.47 Å². The maximum atomic E-state index is 5.23. The second-order valence-electron chi connectivity index (χ2n) is 9.29. The highest BCUT2D eigenvalue weighted by Gasteiger charge is 2.01. The lowest BCUT2D eigenvalue weighted by molar-refractivity contribution is 0.414. The summed E-state index contributed by atoms with van der Waals surface area (Å²) in [4.78, 5) is 2.58. The lowest BCUT2D eigenvalue weighted by atomic mass is 10.1. The van der Waals surface area contributed by atoms with E-state index in [1.54, 1.807) is 14.2 Å². The standard InChI is InChI=1S/C34H38O2S3/c1-35-31-11-15-33(16-12-31)38-25-21-29-7-3-27(4-8-29)19-23-37-24-20-28-5-9-30(10-6-28)22-26-39-34-17-13-32(36-2)14-18-34/h3-18H,19-26H2,1-2H3. The third kappa shape index (κ3) is 10.6. The quantitative estimate of drug-likeness (QED) is 0.0980. The molecule has 5 heteroatoms. The molecule has 0 radical (unpaired) electrons. The van der Waals surface area contributed by atoms with Gasteiger partial charge in [-0.25, -0.2) is 0 Å². The molecule has 0 aliphatic heterocycles. The van der Waals surface area contributed by atoms with Gasteiger partial charge >= 0.3 is 0 Å². The topological polar surface area (TPSA) is 18.5 Å². The van der Waals surface area contributed by atoms with E-state index in [0.717, 1.165) is 48.7 Å². The summed E-state index contributed by atoms with van der Waals surface area (Å²) in [7, 11) is 3.41. The number of methoxy groups -OCH3 is 2. The van der Waals surface area contributed by atoms with E-state index in [2.05, 4.69) is 84.6 Å². The number of ether oxygens (including phenoxy) is 2. The van der Waals surface area contributed by atoms with Crippen molar-refractivity contribution in [2.45, 2.75) is 35.5 Å². The van der Waals surface area contributed by atoms with Crippen molar-refractivity contribution in [2.24, 2.45) is 0 Å². The smallest absolute Gasteiger partial charge is 0.118 e. The van der Waals surface area contributed by atoms with Gasteiger partial charge in [0.25, 0.3) is 0 Å². The maximum absolute atomic E-state index is 5.23. The number of benzene rings is 4. The molecule has 4 aromatic rings. The molecule has 0 amide bonds. The minimum Gasteiger partial charge on any atom is -0.497 e. The van der Waals surface area contributed by atoms with Crippen LogP contribution >= 0.6 is 35.3 Å². The van der Waals surface area contributed by atoms with E-state index in [1.165, 1.54) is 43.6 Å². The Morgan fingerprint density at radius 3 is 1.03 bits per heavy atom. The van der Waals surface area contributed by atoms with Crippen LogP contribution in [0, 0.1) is 0 Å². The number of hydrogen-bond acceptors (Lipinski definition) is 5. The number of aryl methyl sites for hydroxylation is 4. The predicted molar refractivity (Wildman–Crippen MR) is 172 cm³/mol. The van der Waals surface area contributed by atoms with Crippen molar-refractivity contribution in [2.75, 3.05) is 37.2 Å². The molecule has 0 unspecified atom stereocenters. The molecular weight excluding hydrogens is 537 g/mol. The Bertz CT molecular complexity index is 1120. The van der Waals surface area contributed by atoms with Crippen molar-refractivity contribution in [1.82, 2.24) is 0 Å². The van der Waals surface area contributed by atoms with Gasteiger partial charge in [-0.1, -0.05) is 48.5 Å². The fourth-order valence-corrected chi connectivity index (χ4v) is 6.91. The molecule has 4 rings (SSSR count). The van der Waals surface area contributed by atoms with E-state index in [-0.39, 0.29) is 0 Å². The molecule has 4 aromatic carbocycles. The molecule has 0 aliphatic carbocycles. The lowest BCUT2D eigenvalue weighted by Crippen LogP contribution is -1.95. The summed E-state index contributed by atoms with van der Waals surface area (Å²) in [6.45, 7) is 0. The average molecular weight is 575 g/mol. The second kappa shape index (κ2) is 16.6. The Balaban J connectivity index is 1.06. The van der Waals surface area contributed by atoms with E-state index in [0.29, 0.717) is 0 Å². The summed E-state index contributed by atoms with van der Waals surface area (Å²) in [5, 5.41) is 0. The van der Waals surface area contributed by atoms with Gasteiger partial charge < -0.3 is 9.47 Å². The molecule has 0 saturated carbocycles. The fourth-order valence-electron chi connectivity index (χ4n) is 4.14. The molecule has 204 valence electrons. The number of thioether (sulfide) groups is 3. The van der Waals surface area contributed by atoms with Crippen LogP contribution in [0.2, 0.25) is 0 Å². The van der Waals surface area contributed by atoms with Gasteiger partial charge in [0, 0.05) is 21.3 Å². The van der Waals surface area contributed by atoms with Crippen LogP contribution in [0.3, 0.4) is 0 Å². The maximum Gasteiger partial charge on any atom is 0.118 e. The number of rotatable bonds is 16. The van der Waals surface area contributed by atoms with Crippen molar-refractivity contribution < 1.29 is 9.47 Å². The molecule has 0 fully saturated rings. The predicted octanol–water partition coefficient (Wildman–Crippen LogP) is 8.89. The molecule has 39 heavy (non-hydrogen) atoms. The molecule has 0 atom stereocenters. The van der Waals surface area contributed by atoms with E-state index in [9.17, 15) is 0 Å². The van der Waals surface area contributed by atoms with Crippen molar-refractivity contribution in [1.29, 1.82) is 0 Å². The lowest BCUT2D eigenvalue weighted by Gasteiger charge is -2.07. The van der Waals surface area contributed by atoms with Crippen LogP contribution in [0.4, 0.5) is 0 Å². The fraction of sp³-hybridized carbons (Fsp3) is 0.294. The van der Waals surface area contributed by atoms with Gasteiger partial charge in [0.1, 0.15) is 11.5 Å². The highest BCUT2D eigenvalue weighted by Crippen LogP contribution is 2.24. The molecular formula is C34H38O2S3. The van der Waals surface area contributed by atoms with E-state index < -0.39 is 0 Å². The van der Waals surface area contributed by atoms with Crippen molar-refractivity contribution in [3.05, 3.63) is 119 Å². The van der Waals surface area contributed by atoms with Gasteiger partial charge in [-0.2, -0.15) is 11.8 Å². The first-order valence-corrected chi connectivity index (χ1v) is 16.6. The molecule has 0 N–H and O–H groups in total. The monoisotopic (exact) mass is 574 g/mol. The summed E-state index contributed by atoms with van der Waals surface area (Å²) in [6.07, 6.45) is 4.45. The molecule has 0 bridgehead atoms. The van der Waals surface area contributed by atoms with Crippen LogP contribution in [0.25, 0.3) is 0 Å².